The van der Waals surface area contributed by atoms with Crippen LogP contribution in [-0.2, 0) is 0 Å². The van der Waals surface area contributed by atoms with Crippen LogP contribution >= 0.6 is 27.5 Å². The number of halogens is 2. The average Bonchev–Trinajstić information content (AvgIpc) is 2.49. The van der Waals surface area contributed by atoms with Crippen molar-refractivity contribution in [1.29, 1.82) is 0 Å². The minimum Gasteiger partial charge on any atom is -0.322 e. The van der Waals surface area contributed by atoms with Gasteiger partial charge in [-0.25, -0.2) is 4.98 Å². The average molecular weight is 363 g/mol. The third-order valence-corrected chi connectivity index (χ3v) is 3.65. The number of nitrogens with one attached hydrogen (secondary N) is 1. The number of pyridine rings is 2. The van der Waals surface area contributed by atoms with Crippen LogP contribution in [0.3, 0.4) is 0 Å². The zero-order chi connectivity index (χ0) is 14.8. The van der Waals surface area contributed by atoms with E-state index in [-0.39, 0.29) is 11.1 Å². The molecule has 0 atom stereocenters. The lowest BCUT2D eigenvalue weighted by atomic mass is 10.2. The summed E-state index contributed by atoms with van der Waals surface area (Å²) in [5.41, 5.74) is 1.87. The van der Waals surface area contributed by atoms with Crippen molar-refractivity contribution in [3.63, 3.8) is 0 Å². The maximum atomic E-state index is 12.3. The third-order valence-electron chi connectivity index (χ3n) is 2.91. The predicted octanol–water partition coefficient (Wildman–Crippen LogP) is 4.30. The fraction of sp³-hybridized carbons (Fsp3) is 0. The predicted molar refractivity (Wildman–Crippen MR) is 86.6 cm³/mol. The van der Waals surface area contributed by atoms with Gasteiger partial charge in [-0.3, -0.25) is 9.78 Å². The first kappa shape index (κ1) is 14.0. The van der Waals surface area contributed by atoms with Crippen molar-refractivity contribution >= 4 is 50.0 Å². The normalized spacial score (nSPS) is 10.6. The molecule has 0 fully saturated rings. The molecule has 4 nitrogen and oxygen atoms in total. The highest BCUT2D eigenvalue weighted by Crippen LogP contribution is 2.21. The monoisotopic (exact) mass is 361 g/mol. The molecule has 3 rings (SSSR count). The molecule has 1 amide bonds. The molecule has 0 spiro atoms. The van der Waals surface area contributed by atoms with Gasteiger partial charge in [-0.1, -0.05) is 17.7 Å². The van der Waals surface area contributed by atoms with Crippen molar-refractivity contribution in [2.24, 2.45) is 0 Å². The molecule has 2 aromatic heterocycles. The molecule has 1 N–H and O–H groups in total. The Hall–Kier alpha value is -1.98. The molecule has 0 aliphatic rings. The van der Waals surface area contributed by atoms with Crippen molar-refractivity contribution in [2.45, 2.75) is 0 Å². The van der Waals surface area contributed by atoms with E-state index in [4.69, 9.17) is 11.6 Å². The van der Waals surface area contributed by atoms with Crippen LogP contribution in [0.25, 0.3) is 10.9 Å². The molecular formula is C15H9BrClN3O. The molecule has 0 radical (unpaired) electrons. The SMILES string of the molecule is O=C(Nc1ccc2ncccc2c1)c1cc(Br)cnc1Cl. The second-order valence-corrected chi connectivity index (χ2v) is 5.63. The number of hydrogen-bond acceptors (Lipinski definition) is 3. The fourth-order valence-corrected chi connectivity index (χ4v) is 2.45. The van der Waals surface area contributed by atoms with Crippen molar-refractivity contribution in [3.05, 3.63) is 64.0 Å². The van der Waals surface area contributed by atoms with E-state index in [0.717, 1.165) is 10.9 Å². The van der Waals surface area contributed by atoms with E-state index in [1.807, 2.05) is 24.3 Å². The molecular weight excluding hydrogens is 354 g/mol. The molecule has 0 aliphatic carbocycles. The molecule has 0 unspecified atom stereocenters. The Morgan fingerprint density at radius 1 is 1.19 bits per heavy atom. The van der Waals surface area contributed by atoms with E-state index < -0.39 is 0 Å². The van der Waals surface area contributed by atoms with Gasteiger partial charge in [0, 0.05) is 27.9 Å². The molecule has 21 heavy (non-hydrogen) atoms. The highest BCUT2D eigenvalue weighted by Gasteiger charge is 2.12. The van der Waals surface area contributed by atoms with Crippen LogP contribution in [0.2, 0.25) is 5.15 Å². The van der Waals surface area contributed by atoms with Crippen LogP contribution in [0.1, 0.15) is 10.4 Å². The number of fused-ring (bicyclic) bond motifs is 1. The number of rotatable bonds is 2. The number of carbonyl (C=O) groups is 1. The lowest BCUT2D eigenvalue weighted by molar-refractivity contribution is 0.102. The Kier molecular flexibility index (Phi) is 3.86. The first-order valence-electron chi connectivity index (χ1n) is 6.11. The topological polar surface area (TPSA) is 54.9 Å². The molecule has 2 heterocycles. The second kappa shape index (κ2) is 5.79. The van der Waals surface area contributed by atoms with Gasteiger partial charge in [0.05, 0.1) is 11.1 Å². The third kappa shape index (κ3) is 3.04. The van der Waals surface area contributed by atoms with Crippen LogP contribution in [0, 0.1) is 0 Å². The fourth-order valence-electron chi connectivity index (χ4n) is 1.93. The Balaban J connectivity index is 1.90. The van der Waals surface area contributed by atoms with Gasteiger partial charge < -0.3 is 5.32 Å². The molecule has 0 saturated heterocycles. The number of anilines is 1. The van der Waals surface area contributed by atoms with Gasteiger partial charge >= 0.3 is 0 Å². The van der Waals surface area contributed by atoms with Gasteiger partial charge in [0.2, 0.25) is 0 Å². The van der Waals surface area contributed by atoms with E-state index in [1.165, 1.54) is 0 Å². The minimum absolute atomic E-state index is 0.165. The summed E-state index contributed by atoms with van der Waals surface area (Å²) in [5, 5.41) is 3.92. The molecule has 1 aromatic carbocycles. The van der Waals surface area contributed by atoms with E-state index in [9.17, 15) is 4.79 Å². The summed E-state index contributed by atoms with van der Waals surface area (Å²) in [6, 6.07) is 10.9. The number of benzene rings is 1. The van der Waals surface area contributed by atoms with E-state index in [1.54, 1.807) is 24.5 Å². The van der Waals surface area contributed by atoms with Crippen molar-refractivity contribution in [2.75, 3.05) is 5.32 Å². The lowest BCUT2D eigenvalue weighted by Gasteiger charge is -2.07. The maximum absolute atomic E-state index is 12.3. The van der Waals surface area contributed by atoms with Gasteiger partial charge in [-0.2, -0.15) is 0 Å². The van der Waals surface area contributed by atoms with Crippen molar-refractivity contribution < 1.29 is 4.79 Å². The van der Waals surface area contributed by atoms with Crippen LogP contribution in [0.5, 0.6) is 0 Å². The van der Waals surface area contributed by atoms with Crippen LogP contribution in [0.15, 0.2) is 53.3 Å². The Bertz CT molecular complexity index is 838. The minimum atomic E-state index is -0.308. The first-order valence-corrected chi connectivity index (χ1v) is 7.28. The van der Waals surface area contributed by atoms with Gasteiger partial charge in [0.15, 0.2) is 0 Å². The quantitative estimate of drug-likeness (QED) is 0.692. The van der Waals surface area contributed by atoms with Crippen molar-refractivity contribution in [3.8, 4) is 0 Å². The Morgan fingerprint density at radius 3 is 2.90 bits per heavy atom. The summed E-state index contributed by atoms with van der Waals surface area (Å²) in [6.45, 7) is 0. The van der Waals surface area contributed by atoms with E-state index >= 15 is 0 Å². The largest absolute Gasteiger partial charge is 0.322 e. The highest BCUT2D eigenvalue weighted by molar-refractivity contribution is 9.10. The van der Waals surface area contributed by atoms with Gasteiger partial charge in [0.25, 0.3) is 5.91 Å². The highest BCUT2D eigenvalue weighted by atomic mass is 79.9. The first-order chi connectivity index (χ1) is 10.1. The molecule has 0 saturated carbocycles. The van der Waals surface area contributed by atoms with Gasteiger partial charge in [-0.05, 0) is 46.3 Å². The Morgan fingerprint density at radius 2 is 2.05 bits per heavy atom. The van der Waals surface area contributed by atoms with Crippen LogP contribution in [-0.4, -0.2) is 15.9 Å². The summed E-state index contributed by atoms with van der Waals surface area (Å²) in [4.78, 5) is 20.4. The number of hydrogen-bond donors (Lipinski definition) is 1. The zero-order valence-corrected chi connectivity index (χ0v) is 13.0. The summed E-state index contributed by atoms with van der Waals surface area (Å²) in [5.74, 6) is -0.308. The molecule has 6 heteroatoms. The smallest absolute Gasteiger partial charge is 0.258 e. The van der Waals surface area contributed by atoms with Crippen LogP contribution in [0.4, 0.5) is 5.69 Å². The summed E-state index contributed by atoms with van der Waals surface area (Å²) >= 11 is 9.22. The maximum Gasteiger partial charge on any atom is 0.258 e. The lowest BCUT2D eigenvalue weighted by Crippen LogP contribution is -2.13. The summed E-state index contributed by atoms with van der Waals surface area (Å²) in [6.07, 6.45) is 3.27. The number of amides is 1. The van der Waals surface area contributed by atoms with Gasteiger partial charge in [-0.15, -0.1) is 0 Å². The summed E-state index contributed by atoms with van der Waals surface area (Å²) in [7, 11) is 0. The standard InChI is InChI=1S/C15H9BrClN3O/c16-10-7-12(14(17)19-8-10)15(21)20-11-3-4-13-9(6-11)2-1-5-18-13/h1-8H,(H,20,21). The van der Waals surface area contributed by atoms with E-state index in [2.05, 4.69) is 31.2 Å². The molecule has 0 bridgehead atoms. The Labute approximate surface area is 134 Å². The summed E-state index contributed by atoms with van der Waals surface area (Å²) < 4.78 is 0.694. The molecule has 0 aliphatic heterocycles. The van der Waals surface area contributed by atoms with Crippen molar-refractivity contribution in [1.82, 2.24) is 9.97 Å². The zero-order valence-electron chi connectivity index (χ0n) is 10.7. The number of aromatic nitrogens is 2. The van der Waals surface area contributed by atoms with Gasteiger partial charge in [0.1, 0.15) is 5.15 Å². The molecule has 104 valence electrons. The van der Waals surface area contributed by atoms with E-state index in [0.29, 0.717) is 15.7 Å². The second-order valence-electron chi connectivity index (χ2n) is 4.36. The van der Waals surface area contributed by atoms with Crippen LogP contribution < -0.4 is 5.32 Å². The molecule has 3 aromatic rings. The number of nitrogens with zero attached hydrogens (tertiary/aromatic N) is 2. The number of carbonyl (C=O) groups excluding carboxylic acids is 1.